The summed E-state index contributed by atoms with van der Waals surface area (Å²) in [4.78, 5) is 11.6. The highest BCUT2D eigenvalue weighted by Crippen LogP contribution is 2.23. The molecule has 98 valence electrons. The molecule has 0 saturated carbocycles. The third-order valence-corrected chi connectivity index (χ3v) is 2.95. The molecule has 0 radical (unpaired) electrons. The molecule has 5 nitrogen and oxygen atoms in total. The van der Waals surface area contributed by atoms with E-state index in [1.54, 1.807) is 10.8 Å². The lowest BCUT2D eigenvalue weighted by molar-refractivity contribution is -0.116. The van der Waals surface area contributed by atoms with Gasteiger partial charge in [-0.2, -0.15) is 10.5 Å². The monoisotopic (exact) mass is 264 g/mol. The van der Waals surface area contributed by atoms with Crippen LogP contribution in [0.5, 0.6) is 0 Å². The summed E-state index contributed by atoms with van der Waals surface area (Å²) in [5.41, 5.74) is 1.68. The number of nitrogens with zero attached hydrogens (tertiary/aromatic N) is 3. The van der Waals surface area contributed by atoms with Crippen molar-refractivity contribution in [3.05, 3.63) is 41.6 Å². The molecule has 0 fully saturated rings. The van der Waals surface area contributed by atoms with Gasteiger partial charge in [0.05, 0.1) is 6.07 Å². The van der Waals surface area contributed by atoms with Crippen LogP contribution in [0.15, 0.2) is 36.0 Å². The van der Waals surface area contributed by atoms with E-state index in [9.17, 15) is 4.79 Å². The van der Waals surface area contributed by atoms with E-state index in [0.29, 0.717) is 0 Å². The number of para-hydroxylation sites is 1. The van der Waals surface area contributed by atoms with Gasteiger partial charge in [0.25, 0.3) is 5.91 Å². The van der Waals surface area contributed by atoms with E-state index in [4.69, 9.17) is 10.5 Å². The molecule has 1 amide bonds. The number of likely N-dealkylation sites (N-methyl/N-ethyl adjacent to an activating group) is 1. The lowest BCUT2D eigenvalue weighted by atomic mass is 10.1. The van der Waals surface area contributed by atoms with Gasteiger partial charge in [0, 0.05) is 29.7 Å². The topological polar surface area (TPSA) is 81.6 Å². The zero-order valence-electron chi connectivity index (χ0n) is 10.9. The van der Waals surface area contributed by atoms with Gasteiger partial charge in [-0.3, -0.25) is 4.79 Å². The number of hydrogen-bond acceptors (Lipinski definition) is 3. The van der Waals surface area contributed by atoms with E-state index in [-0.39, 0.29) is 12.1 Å². The normalized spacial score (nSPS) is 10.8. The number of fused-ring (bicyclic) bond motifs is 1. The van der Waals surface area contributed by atoms with Crippen molar-refractivity contribution >= 4 is 22.9 Å². The lowest BCUT2D eigenvalue weighted by Crippen LogP contribution is -2.19. The summed E-state index contributed by atoms with van der Waals surface area (Å²) in [5.74, 6) is -0.426. The van der Waals surface area contributed by atoms with Crippen LogP contribution < -0.4 is 5.32 Å². The Balaban J connectivity index is 2.61. The van der Waals surface area contributed by atoms with E-state index in [0.717, 1.165) is 16.5 Å². The molecular formula is C15H12N4O. The number of benzene rings is 1. The average Bonchev–Trinajstić information content (AvgIpc) is 2.83. The predicted molar refractivity (Wildman–Crippen MR) is 75.2 cm³/mol. The molecule has 1 N–H and O–H groups in total. The molecular weight excluding hydrogens is 252 g/mol. The van der Waals surface area contributed by atoms with Crippen LogP contribution in [0.2, 0.25) is 0 Å². The number of carbonyl (C=O) groups excluding carboxylic acids is 1. The molecule has 1 heterocycles. The summed E-state index contributed by atoms with van der Waals surface area (Å²) in [5, 5.41) is 21.2. The fraction of sp³-hybridized carbons (Fsp3) is 0.133. The first-order valence-corrected chi connectivity index (χ1v) is 6.00. The zero-order valence-corrected chi connectivity index (χ0v) is 10.9. The molecule has 0 aliphatic heterocycles. The third kappa shape index (κ3) is 2.38. The smallest absolute Gasteiger partial charge is 0.261 e. The standard InChI is InChI=1S/C15H12N4O/c1-18-15(20)11(9-17)8-12-10-19(7-6-16)14-5-3-2-4-13(12)14/h2-5,8,10H,7H2,1H3,(H,18,20)/b11-8-. The van der Waals surface area contributed by atoms with Crippen molar-refractivity contribution < 1.29 is 4.79 Å². The first-order chi connectivity index (χ1) is 9.71. The Morgan fingerprint density at radius 1 is 1.40 bits per heavy atom. The largest absolute Gasteiger partial charge is 0.354 e. The number of carbonyl (C=O) groups is 1. The van der Waals surface area contributed by atoms with E-state index >= 15 is 0 Å². The van der Waals surface area contributed by atoms with Crippen molar-refractivity contribution in [2.45, 2.75) is 6.54 Å². The van der Waals surface area contributed by atoms with Gasteiger partial charge in [-0.05, 0) is 12.1 Å². The van der Waals surface area contributed by atoms with E-state index in [1.807, 2.05) is 30.3 Å². The third-order valence-electron chi connectivity index (χ3n) is 2.95. The molecule has 20 heavy (non-hydrogen) atoms. The zero-order chi connectivity index (χ0) is 14.5. The molecule has 2 rings (SSSR count). The Bertz CT molecular complexity index is 771. The predicted octanol–water partition coefficient (Wildman–Crippen LogP) is 1.82. The van der Waals surface area contributed by atoms with E-state index in [1.165, 1.54) is 13.1 Å². The molecule has 0 unspecified atom stereocenters. The van der Waals surface area contributed by atoms with Gasteiger partial charge in [0.15, 0.2) is 0 Å². The number of nitrogens with one attached hydrogen (secondary N) is 1. The minimum absolute atomic E-state index is 0.0346. The number of rotatable bonds is 3. The van der Waals surface area contributed by atoms with Crippen LogP contribution in [0.1, 0.15) is 5.56 Å². The number of amides is 1. The van der Waals surface area contributed by atoms with Crippen LogP contribution in [-0.4, -0.2) is 17.5 Å². The number of aromatic nitrogens is 1. The number of nitriles is 2. The van der Waals surface area contributed by atoms with Crippen LogP contribution in [-0.2, 0) is 11.3 Å². The quantitative estimate of drug-likeness (QED) is 0.678. The van der Waals surface area contributed by atoms with Crippen LogP contribution in [0.3, 0.4) is 0 Å². The Hall–Kier alpha value is -3.05. The summed E-state index contributed by atoms with van der Waals surface area (Å²) >= 11 is 0. The Labute approximate surface area is 116 Å². The van der Waals surface area contributed by atoms with Gasteiger partial charge in [-0.15, -0.1) is 0 Å². The summed E-state index contributed by atoms with van der Waals surface area (Å²) in [6, 6.07) is 11.5. The van der Waals surface area contributed by atoms with Crippen LogP contribution in [0.4, 0.5) is 0 Å². The number of hydrogen-bond donors (Lipinski definition) is 1. The summed E-state index contributed by atoms with van der Waals surface area (Å²) in [6.45, 7) is 0.218. The van der Waals surface area contributed by atoms with Gasteiger partial charge in [-0.1, -0.05) is 18.2 Å². The van der Waals surface area contributed by atoms with Gasteiger partial charge in [0.1, 0.15) is 18.2 Å². The van der Waals surface area contributed by atoms with Gasteiger partial charge in [0.2, 0.25) is 0 Å². The van der Waals surface area contributed by atoms with Gasteiger partial charge < -0.3 is 9.88 Å². The summed E-state index contributed by atoms with van der Waals surface area (Å²) in [6.07, 6.45) is 3.31. The maximum Gasteiger partial charge on any atom is 0.261 e. The van der Waals surface area contributed by atoms with Crippen molar-refractivity contribution in [3.63, 3.8) is 0 Å². The molecule has 0 aliphatic carbocycles. The fourth-order valence-corrected chi connectivity index (χ4v) is 2.04. The van der Waals surface area contributed by atoms with E-state index < -0.39 is 5.91 Å². The maximum atomic E-state index is 11.6. The molecule has 1 aromatic carbocycles. The molecule has 5 heteroatoms. The lowest BCUT2D eigenvalue weighted by Gasteiger charge is -1.96. The molecule has 2 aromatic rings. The average molecular weight is 264 g/mol. The van der Waals surface area contributed by atoms with E-state index in [2.05, 4.69) is 11.4 Å². The second-order valence-corrected chi connectivity index (χ2v) is 4.14. The minimum Gasteiger partial charge on any atom is -0.354 e. The molecule has 1 aromatic heterocycles. The molecule has 0 aliphatic rings. The van der Waals surface area contributed by atoms with Crippen molar-refractivity contribution in [3.8, 4) is 12.1 Å². The fourth-order valence-electron chi connectivity index (χ4n) is 2.04. The molecule has 0 bridgehead atoms. The van der Waals surface area contributed by atoms with Crippen molar-refractivity contribution in [1.29, 1.82) is 10.5 Å². The molecule has 0 spiro atoms. The van der Waals surface area contributed by atoms with Gasteiger partial charge in [-0.25, -0.2) is 0 Å². The summed E-state index contributed by atoms with van der Waals surface area (Å²) < 4.78 is 1.79. The van der Waals surface area contributed by atoms with Crippen molar-refractivity contribution in [2.24, 2.45) is 0 Å². The first kappa shape index (κ1) is 13.4. The first-order valence-electron chi connectivity index (χ1n) is 6.00. The highest BCUT2D eigenvalue weighted by molar-refractivity contribution is 6.03. The highest BCUT2D eigenvalue weighted by atomic mass is 16.1. The van der Waals surface area contributed by atoms with Crippen molar-refractivity contribution in [1.82, 2.24) is 9.88 Å². The molecule has 0 saturated heterocycles. The maximum absolute atomic E-state index is 11.6. The Morgan fingerprint density at radius 2 is 2.15 bits per heavy atom. The van der Waals surface area contributed by atoms with Gasteiger partial charge >= 0.3 is 0 Å². The van der Waals surface area contributed by atoms with Crippen LogP contribution in [0, 0.1) is 22.7 Å². The minimum atomic E-state index is -0.426. The second-order valence-electron chi connectivity index (χ2n) is 4.14. The Morgan fingerprint density at radius 3 is 2.80 bits per heavy atom. The summed E-state index contributed by atoms with van der Waals surface area (Å²) in [7, 11) is 1.48. The van der Waals surface area contributed by atoms with Crippen LogP contribution >= 0.6 is 0 Å². The van der Waals surface area contributed by atoms with Crippen molar-refractivity contribution in [2.75, 3.05) is 7.05 Å². The SMILES string of the molecule is CNC(=O)/C(C#N)=C\c1cn(CC#N)c2ccccc12. The highest BCUT2D eigenvalue weighted by Gasteiger charge is 2.10. The molecule has 0 atom stereocenters. The Kier molecular flexibility index (Phi) is 3.83. The second kappa shape index (κ2) is 5.73. The van der Waals surface area contributed by atoms with Crippen LogP contribution in [0.25, 0.3) is 17.0 Å².